The zero-order chi connectivity index (χ0) is 6.57. The Kier molecular flexibility index (Phi) is 3.19. The summed E-state index contributed by atoms with van der Waals surface area (Å²) >= 11 is 4.71. The molecule has 0 atom stereocenters. The molecule has 0 spiro atoms. The lowest BCUT2D eigenvalue weighted by atomic mass is 10.5. The summed E-state index contributed by atoms with van der Waals surface area (Å²) in [5.41, 5.74) is -0.944. The first-order valence-corrected chi connectivity index (χ1v) is 2.32. The molecule has 0 aliphatic carbocycles. The van der Waals surface area contributed by atoms with Gasteiger partial charge in [-0.15, -0.1) is 0 Å². The fourth-order valence-electron chi connectivity index (χ4n) is 0.158. The Morgan fingerprint density at radius 1 is 1.62 bits per heavy atom. The molecule has 8 heavy (non-hydrogen) atoms. The summed E-state index contributed by atoms with van der Waals surface area (Å²) < 4.78 is 4.08. The number of carbonyl (C=O) groups is 2. The summed E-state index contributed by atoms with van der Waals surface area (Å²) in [6.07, 6.45) is 0. The largest absolute Gasteiger partial charge is 0.446 e. The third-order valence-corrected chi connectivity index (χ3v) is 0.498. The second-order valence-corrected chi connectivity index (χ2v) is 1.54. The van der Waals surface area contributed by atoms with Crippen LogP contribution in [-0.2, 0) is 9.53 Å². The maximum absolute atomic E-state index is 10.0. The van der Waals surface area contributed by atoms with E-state index in [-0.39, 0.29) is 12.4 Å². The molecule has 0 aromatic rings. The monoisotopic (exact) mass is 136 g/mol. The van der Waals surface area contributed by atoms with Gasteiger partial charge in [0.05, 0.1) is 0 Å². The zero-order valence-corrected chi connectivity index (χ0v) is 5.07. The Bertz CT molecular complexity index is 95.9. The van der Waals surface area contributed by atoms with Crippen molar-refractivity contribution < 1.29 is 14.3 Å². The number of halogens is 1. The van der Waals surface area contributed by atoms with Crippen molar-refractivity contribution in [2.24, 2.45) is 0 Å². The maximum atomic E-state index is 10.0. The first kappa shape index (κ1) is 7.43. The lowest BCUT2D eigenvalue weighted by molar-refractivity contribution is -0.119. The van der Waals surface area contributed by atoms with Crippen LogP contribution in [0.25, 0.3) is 0 Å². The van der Waals surface area contributed by atoms with Gasteiger partial charge in [-0.3, -0.25) is 4.79 Å². The average molecular weight is 137 g/mol. The van der Waals surface area contributed by atoms with Crippen molar-refractivity contribution in [3.05, 3.63) is 0 Å². The molecule has 0 amide bonds. The van der Waals surface area contributed by atoms with Gasteiger partial charge < -0.3 is 4.74 Å². The van der Waals surface area contributed by atoms with Gasteiger partial charge in [-0.1, -0.05) is 0 Å². The van der Waals surface area contributed by atoms with E-state index in [2.05, 4.69) is 4.74 Å². The molecule has 46 valence electrons. The van der Waals surface area contributed by atoms with Crippen LogP contribution in [0.5, 0.6) is 0 Å². The van der Waals surface area contributed by atoms with Crippen LogP contribution in [0.4, 0.5) is 4.79 Å². The van der Waals surface area contributed by atoms with E-state index >= 15 is 0 Å². The highest BCUT2D eigenvalue weighted by atomic mass is 35.5. The highest BCUT2D eigenvalue weighted by Crippen LogP contribution is 1.85. The molecule has 0 saturated carbocycles. The minimum atomic E-state index is -0.944. The fraction of sp³-hybridized carbons (Fsp3) is 0.500. The molecule has 0 heterocycles. The molecule has 0 aromatic heterocycles. The van der Waals surface area contributed by atoms with Gasteiger partial charge in [0.15, 0.2) is 12.4 Å². The van der Waals surface area contributed by atoms with E-state index < -0.39 is 5.43 Å². The van der Waals surface area contributed by atoms with Gasteiger partial charge in [0.25, 0.3) is 0 Å². The number of carbonyl (C=O) groups excluding carboxylic acids is 2. The van der Waals surface area contributed by atoms with Gasteiger partial charge in [0, 0.05) is 11.6 Å². The lowest BCUT2D eigenvalue weighted by Gasteiger charge is -1.91. The Morgan fingerprint density at radius 3 is 2.25 bits per heavy atom. The summed E-state index contributed by atoms with van der Waals surface area (Å²) in [5, 5.41) is 0. The molecular weight excluding hydrogens is 131 g/mol. The molecule has 0 aliphatic rings. The lowest BCUT2D eigenvalue weighted by Crippen LogP contribution is -2.04. The van der Waals surface area contributed by atoms with Gasteiger partial charge in [0.1, 0.15) is 0 Å². The van der Waals surface area contributed by atoms with Crippen LogP contribution in [0.1, 0.15) is 6.92 Å². The molecule has 0 unspecified atom stereocenters. The highest BCUT2D eigenvalue weighted by Gasteiger charge is 1.96. The van der Waals surface area contributed by atoms with Crippen LogP contribution in [0.2, 0.25) is 0 Å². The van der Waals surface area contributed by atoms with Crippen LogP contribution in [0.3, 0.4) is 0 Å². The van der Waals surface area contributed by atoms with Crippen LogP contribution in [-0.4, -0.2) is 17.8 Å². The first-order chi connectivity index (χ1) is 3.63. The van der Waals surface area contributed by atoms with Gasteiger partial charge in [-0.05, 0) is 6.92 Å². The topological polar surface area (TPSA) is 43.4 Å². The van der Waals surface area contributed by atoms with E-state index in [1.54, 1.807) is 0 Å². The van der Waals surface area contributed by atoms with Gasteiger partial charge in [0.2, 0.25) is 0 Å². The molecule has 0 fully saturated rings. The molecule has 0 bridgehead atoms. The van der Waals surface area contributed by atoms with Crippen molar-refractivity contribution in [3.63, 3.8) is 0 Å². The van der Waals surface area contributed by atoms with Crippen molar-refractivity contribution in [1.29, 1.82) is 0 Å². The second kappa shape index (κ2) is 3.43. The fourth-order valence-corrected chi connectivity index (χ4v) is 0.213. The molecular formula is C4H5ClO3. The van der Waals surface area contributed by atoms with E-state index in [1.807, 2.05) is 0 Å². The van der Waals surface area contributed by atoms with E-state index in [9.17, 15) is 9.59 Å². The number of rotatable bonds is 2. The summed E-state index contributed by atoms with van der Waals surface area (Å²) in [6, 6.07) is 0. The maximum Gasteiger partial charge on any atom is 0.404 e. The zero-order valence-electron chi connectivity index (χ0n) is 4.31. The molecule has 3 nitrogen and oxygen atoms in total. The Labute approximate surface area is 51.6 Å². The number of ketones is 1. The first-order valence-electron chi connectivity index (χ1n) is 1.94. The Morgan fingerprint density at radius 2 is 2.12 bits per heavy atom. The molecule has 0 rings (SSSR count). The third kappa shape index (κ3) is 5.43. The second-order valence-electron chi connectivity index (χ2n) is 1.23. The van der Waals surface area contributed by atoms with Crippen molar-refractivity contribution in [2.45, 2.75) is 6.92 Å². The summed E-state index contributed by atoms with van der Waals surface area (Å²) in [6.45, 7) is 1.07. The Hall–Kier alpha value is -0.570. The van der Waals surface area contributed by atoms with Crippen molar-refractivity contribution in [3.8, 4) is 0 Å². The van der Waals surface area contributed by atoms with Crippen LogP contribution < -0.4 is 0 Å². The van der Waals surface area contributed by atoms with Crippen molar-refractivity contribution >= 4 is 22.8 Å². The minimum absolute atomic E-state index is 0.223. The third-order valence-electron chi connectivity index (χ3n) is 0.389. The normalized spacial score (nSPS) is 8.25. The molecule has 0 N–H and O–H groups in total. The minimum Gasteiger partial charge on any atom is -0.446 e. The molecule has 0 aromatic carbocycles. The van der Waals surface area contributed by atoms with Gasteiger partial charge in [-0.25, -0.2) is 4.79 Å². The molecule has 0 radical (unpaired) electrons. The number of hydrogen-bond acceptors (Lipinski definition) is 3. The summed E-state index contributed by atoms with van der Waals surface area (Å²) in [5.74, 6) is -0.223. The van der Waals surface area contributed by atoms with E-state index in [1.165, 1.54) is 6.92 Å². The number of ether oxygens (including phenoxy) is 1. The van der Waals surface area contributed by atoms with Crippen molar-refractivity contribution in [1.82, 2.24) is 0 Å². The Balaban J connectivity index is 3.18. The number of hydrogen-bond donors (Lipinski definition) is 0. The standard InChI is InChI=1S/C4H5ClO3/c1-3(6)2-8-4(5)7/h2H2,1H3. The molecule has 0 saturated heterocycles. The summed E-state index contributed by atoms with van der Waals surface area (Å²) in [7, 11) is 0. The number of Topliss-reactive ketones (excluding diaryl/α,β-unsaturated/α-hetero) is 1. The van der Waals surface area contributed by atoms with E-state index in [0.29, 0.717) is 0 Å². The highest BCUT2D eigenvalue weighted by molar-refractivity contribution is 6.61. The van der Waals surface area contributed by atoms with Crippen LogP contribution in [0, 0.1) is 0 Å². The van der Waals surface area contributed by atoms with E-state index in [4.69, 9.17) is 11.6 Å². The van der Waals surface area contributed by atoms with Gasteiger partial charge >= 0.3 is 5.43 Å². The molecule has 4 heteroatoms. The SMILES string of the molecule is CC(=O)COC(=O)Cl. The summed E-state index contributed by atoms with van der Waals surface area (Å²) in [4.78, 5) is 19.8. The smallest absolute Gasteiger partial charge is 0.404 e. The van der Waals surface area contributed by atoms with E-state index in [0.717, 1.165) is 0 Å². The van der Waals surface area contributed by atoms with Gasteiger partial charge in [-0.2, -0.15) is 0 Å². The molecule has 0 aliphatic heterocycles. The predicted molar refractivity (Wildman–Crippen MR) is 27.9 cm³/mol. The van der Waals surface area contributed by atoms with Crippen LogP contribution in [0.15, 0.2) is 0 Å². The average Bonchev–Trinajstić information content (AvgIpc) is 1.61. The quantitative estimate of drug-likeness (QED) is 0.531. The van der Waals surface area contributed by atoms with Crippen LogP contribution >= 0.6 is 11.6 Å². The van der Waals surface area contributed by atoms with Crippen molar-refractivity contribution in [2.75, 3.05) is 6.61 Å². The predicted octanol–water partition coefficient (Wildman–Crippen LogP) is 0.951.